The Labute approximate surface area is 286 Å². The smallest absolute Gasteiger partial charge is 0.0979 e. The maximum absolute atomic E-state index is 5.35. The van der Waals surface area contributed by atoms with Gasteiger partial charge >= 0.3 is 0 Å². The Bertz CT molecular complexity index is 2720. The third-order valence-electron chi connectivity index (χ3n) is 10.2. The van der Waals surface area contributed by atoms with Gasteiger partial charge in [0.15, 0.2) is 0 Å². The number of nitrogens with zero attached hydrogens (tertiary/aromatic N) is 3. The first kappa shape index (κ1) is 29.3. The molecule has 0 bridgehead atoms. The van der Waals surface area contributed by atoms with E-state index in [0.717, 1.165) is 38.6 Å². The van der Waals surface area contributed by atoms with Crippen molar-refractivity contribution in [1.82, 2.24) is 14.5 Å². The number of benzene rings is 7. The molecule has 0 atom stereocenters. The summed E-state index contributed by atoms with van der Waals surface area (Å²) >= 11 is 0. The van der Waals surface area contributed by atoms with Crippen LogP contribution in [-0.4, -0.2) is 14.5 Å². The Morgan fingerprint density at radius 3 is 1.82 bits per heavy atom. The lowest BCUT2D eigenvalue weighted by atomic mass is 9.92. The molecule has 9 aromatic rings. The summed E-state index contributed by atoms with van der Waals surface area (Å²) in [4.78, 5) is 10.5. The van der Waals surface area contributed by atoms with Crippen LogP contribution in [0.5, 0.6) is 0 Å². The zero-order valence-corrected chi connectivity index (χ0v) is 28.3. The molecule has 0 N–H and O–H groups in total. The summed E-state index contributed by atoms with van der Waals surface area (Å²) in [5.41, 5.74) is 12.4. The van der Waals surface area contributed by atoms with Crippen LogP contribution >= 0.6 is 0 Å². The summed E-state index contributed by atoms with van der Waals surface area (Å²) in [6.07, 6.45) is 1.95. The fourth-order valence-corrected chi connectivity index (χ4v) is 7.48. The van der Waals surface area contributed by atoms with Crippen molar-refractivity contribution in [3.05, 3.63) is 151 Å². The molecule has 0 unspecified atom stereocenters. The van der Waals surface area contributed by atoms with Gasteiger partial charge in [-0.2, -0.15) is 0 Å². The lowest BCUT2D eigenvalue weighted by Gasteiger charge is -2.15. The summed E-state index contributed by atoms with van der Waals surface area (Å²) in [7, 11) is 0. The van der Waals surface area contributed by atoms with Crippen LogP contribution in [0.25, 0.3) is 82.5 Å². The highest BCUT2D eigenvalue weighted by atomic mass is 15.0. The first-order chi connectivity index (χ1) is 23.9. The van der Waals surface area contributed by atoms with Crippen molar-refractivity contribution in [3.63, 3.8) is 0 Å². The molecule has 0 aliphatic rings. The minimum Gasteiger partial charge on any atom is -0.309 e. The molecule has 3 nitrogen and oxygen atoms in total. The van der Waals surface area contributed by atoms with E-state index in [1.165, 1.54) is 55.0 Å². The fourth-order valence-electron chi connectivity index (χ4n) is 7.48. The number of fused-ring (bicyclic) bond motifs is 9. The van der Waals surface area contributed by atoms with Crippen LogP contribution < -0.4 is 0 Å². The van der Waals surface area contributed by atoms with E-state index in [9.17, 15) is 0 Å². The second kappa shape index (κ2) is 11.4. The molecule has 0 aliphatic heterocycles. The van der Waals surface area contributed by atoms with E-state index < -0.39 is 0 Å². The molecule has 49 heavy (non-hydrogen) atoms. The number of para-hydroxylation sites is 2. The lowest BCUT2D eigenvalue weighted by molar-refractivity contribution is 0.868. The topological polar surface area (TPSA) is 30.7 Å². The van der Waals surface area contributed by atoms with Crippen LogP contribution in [0.1, 0.15) is 50.7 Å². The Kier molecular flexibility index (Phi) is 6.84. The Balaban J connectivity index is 1.20. The molecular weight excluding hydrogens is 595 g/mol. The van der Waals surface area contributed by atoms with Crippen molar-refractivity contribution >= 4 is 54.4 Å². The van der Waals surface area contributed by atoms with E-state index in [1.807, 2.05) is 6.20 Å². The molecule has 2 heterocycles. The van der Waals surface area contributed by atoms with Crippen LogP contribution in [0, 0.1) is 0 Å². The van der Waals surface area contributed by atoms with Crippen molar-refractivity contribution in [2.75, 3.05) is 0 Å². The van der Waals surface area contributed by atoms with Crippen LogP contribution in [-0.2, 0) is 0 Å². The van der Waals surface area contributed by atoms with Gasteiger partial charge in [-0.15, -0.1) is 0 Å². The highest BCUT2D eigenvalue weighted by molar-refractivity contribution is 6.23. The van der Waals surface area contributed by atoms with Crippen molar-refractivity contribution in [2.45, 2.75) is 39.5 Å². The normalized spacial score (nSPS) is 12.0. The Morgan fingerprint density at radius 2 is 1.08 bits per heavy atom. The quantitative estimate of drug-likeness (QED) is 0.177. The van der Waals surface area contributed by atoms with Crippen molar-refractivity contribution in [1.29, 1.82) is 0 Å². The summed E-state index contributed by atoms with van der Waals surface area (Å²) in [6, 6.07) is 48.6. The van der Waals surface area contributed by atoms with E-state index in [4.69, 9.17) is 9.97 Å². The van der Waals surface area contributed by atoms with Gasteiger partial charge in [0, 0.05) is 32.8 Å². The number of rotatable bonds is 5. The van der Waals surface area contributed by atoms with Crippen molar-refractivity contribution in [3.8, 4) is 28.1 Å². The van der Waals surface area contributed by atoms with Crippen molar-refractivity contribution < 1.29 is 0 Å². The Hall–Kier alpha value is -5.80. The van der Waals surface area contributed by atoms with E-state index in [2.05, 4.69) is 166 Å². The second-order valence-corrected chi connectivity index (χ2v) is 13.9. The number of aromatic nitrogens is 3. The SMILES string of the molecule is CC(C)c1ccc2c(c1)c1cc(C(C)C)ccc1c1nc(-c3cccc(-c4ccc5c(c4)c4ccccc4n5-c4ccccc4)c3)cnc21. The van der Waals surface area contributed by atoms with E-state index in [1.54, 1.807) is 0 Å². The average molecular weight is 632 g/mol. The summed E-state index contributed by atoms with van der Waals surface area (Å²) < 4.78 is 2.36. The average Bonchev–Trinajstić information content (AvgIpc) is 3.48. The molecule has 7 aromatic carbocycles. The zero-order chi connectivity index (χ0) is 33.2. The van der Waals surface area contributed by atoms with Crippen LogP contribution in [0.2, 0.25) is 0 Å². The van der Waals surface area contributed by atoms with Crippen LogP contribution in [0.4, 0.5) is 0 Å². The van der Waals surface area contributed by atoms with Gasteiger partial charge in [0.2, 0.25) is 0 Å². The molecule has 0 amide bonds. The lowest BCUT2D eigenvalue weighted by Crippen LogP contribution is -1.95. The van der Waals surface area contributed by atoms with Crippen LogP contribution in [0.3, 0.4) is 0 Å². The summed E-state index contributed by atoms with van der Waals surface area (Å²) in [5.74, 6) is 0.894. The standard InChI is InChI=1S/C46H37N3/c1-28(2)30-17-20-37-39(24-30)40-25-31(29(3)4)18-21-38(40)46-45(37)47-27-42(48-46)34-12-10-11-32(23-34)33-19-22-44-41(26-33)36-15-8-9-16-43(36)49(44)35-13-6-5-7-14-35/h5-29H,1-4H3. The van der Waals surface area contributed by atoms with E-state index >= 15 is 0 Å². The zero-order valence-electron chi connectivity index (χ0n) is 28.3. The molecular formula is C46H37N3. The van der Waals surface area contributed by atoms with E-state index in [-0.39, 0.29) is 0 Å². The third kappa shape index (κ3) is 4.80. The largest absolute Gasteiger partial charge is 0.309 e. The molecule has 9 rings (SSSR count). The fraction of sp³-hybridized carbons (Fsp3) is 0.130. The maximum atomic E-state index is 5.35. The van der Waals surface area contributed by atoms with E-state index in [0.29, 0.717) is 11.8 Å². The molecule has 0 fully saturated rings. The Morgan fingerprint density at radius 1 is 0.449 bits per heavy atom. The molecule has 0 saturated heterocycles. The summed E-state index contributed by atoms with van der Waals surface area (Å²) in [5, 5.41) is 7.30. The minimum absolute atomic E-state index is 0.442. The molecule has 3 heteroatoms. The predicted octanol–water partition coefficient (Wildman–Crippen LogP) is 12.6. The number of hydrogen-bond acceptors (Lipinski definition) is 2. The van der Waals surface area contributed by atoms with Gasteiger partial charge in [0.25, 0.3) is 0 Å². The van der Waals surface area contributed by atoms with Crippen molar-refractivity contribution in [2.24, 2.45) is 0 Å². The van der Waals surface area contributed by atoms with Gasteiger partial charge in [0.1, 0.15) is 0 Å². The van der Waals surface area contributed by atoms with Gasteiger partial charge < -0.3 is 4.57 Å². The van der Waals surface area contributed by atoms with Gasteiger partial charge in [-0.1, -0.05) is 125 Å². The second-order valence-electron chi connectivity index (χ2n) is 13.9. The highest BCUT2D eigenvalue weighted by Gasteiger charge is 2.17. The highest BCUT2D eigenvalue weighted by Crippen LogP contribution is 2.39. The van der Waals surface area contributed by atoms with Gasteiger partial charge in [0.05, 0.1) is 34.0 Å². The predicted molar refractivity (Wildman–Crippen MR) is 208 cm³/mol. The molecule has 0 aliphatic carbocycles. The molecule has 2 aromatic heterocycles. The van der Waals surface area contributed by atoms with Crippen LogP contribution in [0.15, 0.2) is 140 Å². The first-order valence-electron chi connectivity index (χ1n) is 17.3. The van der Waals surface area contributed by atoms with Gasteiger partial charge in [-0.25, -0.2) is 4.98 Å². The minimum atomic E-state index is 0.442. The first-order valence-corrected chi connectivity index (χ1v) is 17.3. The number of hydrogen-bond donors (Lipinski definition) is 0. The van der Waals surface area contributed by atoms with Gasteiger partial charge in [-0.05, 0) is 81.3 Å². The molecule has 0 saturated carbocycles. The molecule has 236 valence electrons. The molecule has 0 spiro atoms. The monoisotopic (exact) mass is 631 g/mol. The summed E-state index contributed by atoms with van der Waals surface area (Å²) in [6.45, 7) is 9.03. The third-order valence-corrected chi connectivity index (χ3v) is 10.2. The van der Waals surface area contributed by atoms with Gasteiger partial charge in [-0.3, -0.25) is 4.98 Å². The maximum Gasteiger partial charge on any atom is 0.0979 e. The molecule has 0 radical (unpaired) electrons.